The third-order valence-electron chi connectivity index (χ3n) is 3.24. The second-order valence-corrected chi connectivity index (χ2v) is 4.65. The molecule has 1 aliphatic heterocycles. The first-order valence-electron chi connectivity index (χ1n) is 6.57. The van der Waals surface area contributed by atoms with Crippen LogP contribution in [0.3, 0.4) is 0 Å². The van der Waals surface area contributed by atoms with E-state index in [0.717, 1.165) is 43.9 Å². The van der Waals surface area contributed by atoms with Crippen LogP contribution in [-0.4, -0.2) is 39.9 Å². The molecule has 1 amide bonds. The van der Waals surface area contributed by atoms with Crippen LogP contribution in [0.2, 0.25) is 0 Å². The number of anilines is 1. The molecule has 5 heteroatoms. The summed E-state index contributed by atoms with van der Waals surface area (Å²) < 4.78 is 0. The highest BCUT2D eigenvalue weighted by Gasteiger charge is 2.23. The predicted octanol–water partition coefficient (Wildman–Crippen LogP) is 1.46. The van der Waals surface area contributed by atoms with Crippen LogP contribution in [0.5, 0.6) is 0 Å². The lowest BCUT2D eigenvalue weighted by molar-refractivity contribution is -0.130. The molecule has 1 unspecified atom stereocenters. The van der Waals surface area contributed by atoms with E-state index < -0.39 is 0 Å². The average molecular weight is 248 g/mol. The Kier molecular flexibility index (Phi) is 4.12. The van der Waals surface area contributed by atoms with E-state index in [0.29, 0.717) is 0 Å². The van der Waals surface area contributed by atoms with E-state index in [9.17, 15) is 4.79 Å². The molecular weight excluding hydrogens is 228 g/mol. The monoisotopic (exact) mass is 248 g/mol. The molecule has 2 heterocycles. The van der Waals surface area contributed by atoms with Crippen LogP contribution in [0.25, 0.3) is 0 Å². The predicted molar refractivity (Wildman–Crippen MR) is 70.3 cm³/mol. The quantitative estimate of drug-likeness (QED) is 0.876. The van der Waals surface area contributed by atoms with Gasteiger partial charge in [-0.25, -0.2) is 9.97 Å². The van der Waals surface area contributed by atoms with Gasteiger partial charge < -0.3 is 10.2 Å². The van der Waals surface area contributed by atoms with Crippen molar-refractivity contribution in [2.24, 2.45) is 0 Å². The molecule has 0 bridgehead atoms. The summed E-state index contributed by atoms with van der Waals surface area (Å²) in [6.45, 7) is 5.70. The molecule has 1 N–H and O–H groups in total. The Morgan fingerprint density at radius 1 is 1.44 bits per heavy atom. The summed E-state index contributed by atoms with van der Waals surface area (Å²) in [5.41, 5.74) is 0.980. The molecular formula is C13H20N4O. The molecule has 18 heavy (non-hydrogen) atoms. The number of hydrogen-bond donors (Lipinski definition) is 1. The number of aromatic nitrogens is 2. The van der Waals surface area contributed by atoms with Gasteiger partial charge in [-0.1, -0.05) is 6.92 Å². The van der Waals surface area contributed by atoms with Crippen LogP contribution in [0.4, 0.5) is 5.82 Å². The topological polar surface area (TPSA) is 58.1 Å². The molecule has 0 aromatic carbocycles. The minimum absolute atomic E-state index is 0.157. The molecule has 5 nitrogen and oxygen atoms in total. The van der Waals surface area contributed by atoms with Crippen molar-refractivity contribution >= 4 is 11.7 Å². The number of carbonyl (C=O) groups is 1. The second-order valence-electron chi connectivity index (χ2n) is 4.65. The molecule has 1 aromatic rings. The van der Waals surface area contributed by atoms with Crippen molar-refractivity contribution in [1.29, 1.82) is 0 Å². The van der Waals surface area contributed by atoms with Gasteiger partial charge in [0.15, 0.2) is 0 Å². The average Bonchev–Trinajstić information content (AvgIpc) is 2.92. The van der Waals surface area contributed by atoms with E-state index in [-0.39, 0.29) is 11.9 Å². The standard InChI is InChI=1S/C13H20N4O/c1-3-11-8-12(15-9-14-11)16-10(2)13(18)17-6-4-5-7-17/h8-10H,3-7H2,1-2H3,(H,14,15,16). The van der Waals surface area contributed by atoms with Gasteiger partial charge in [-0.3, -0.25) is 4.79 Å². The molecule has 0 saturated carbocycles. The molecule has 1 atom stereocenters. The normalized spacial score (nSPS) is 16.7. The molecule has 0 spiro atoms. The molecule has 1 aliphatic rings. The number of carbonyl (C=O) groups excluding carboxylic acids is 1. The van der Waals surface area contributed by atoms with Crippen molar-refractivity contribution in [2.45, 2.75) is 39.2 Å². The van der Waals surface area contributed by atoms with Crippen molar-refractivity contribution in [3.8, 4) is 0 Å². The lowest BCUT2D eigenvalue weighted by Gasteiger charge is -2.21. The van der Waals surface area contributed by atoms with E-state index >= 15 is 0 Å². The van der Waals surface area contributed by atoms with E-state index in [2.05, 4.69) is 15.3 Å². The van der Waals surface area contributed by atoms with Gasteiger partial charge >= 0.3 is 0 Å². The Labute approximate surface area is 108 Å². The number of rotatable bonds is 4. The number of hydrogen-bond acceptors (Lipinski definition) is 4. The largest absolute Gasteiger partial charge is 0.359 e. The lowest BCUT2D eigenvalue weighted by atomic mass is 10.2. The molecule has 1 fully saturated rings. The van der Waals surface area contributed by atoms with Crippen molar-refractivity contribution < 1.29 is 4.79 Å². The molecule has 1 saturated heterocycles. The number of nitrogens with one attached hydrogen (secondary N) is 1. The minimum Gasteiger partial charge on any atom is -0.359 e. The molecule has 98 valence electrons. The molecule has 0 aliphatic carbocycles. The first kappa shape index (κ1) is 12.8. The highest BCUT2D eigenvalue weighted by Crippen LogP contribution is 2.12. The Hall–Kier alpha value is -1.65. The van der Waals surface area contributed by atoms with Gasteiger partial charge in [0, 0.05) is 24.8 Å². The highest BCUT2D eigenvalue weighted by molar-refractivity contribution is 5.84. The Morgan fingerprint density at radius 3 is 2.83 bits per heavy atom. The van der Waals surface area contributed by atoms with Gasteiger partial charge in [0.05, 0.1) is 0 Å². The minimum atomic E-state index is -0.234. The second kappa shape index (κ2) is 5.80. The summed E-state index contributed by atoms with van der Waals surface area (Å²) in [7, 11) is 0. The van der Waals surface area contributed by atoms with Crippen LogP contribution in [0, 0.1) is 0 Å². The Morgan fingerprint density at radius 2 is 2.17 bits per heavy atom. The summed E-state index contributed by atoms with van der Waals surface area (Å²) in [5.74, 6) is 0.881. The van der Waals surface area contributed by atoms with Crippen LogP contribution in [0.15, 0.2) is 12.4 Å². The molecule has 0 radical (unpaired) electrons. The maximum absolute atomic E-state index is 12.1. The summed E-state index contributed by atoms with van der Waals surface area (Å²) >= 11 is 0. The smallest absolute Gasteiger partial charge is 0.244 e. The van der Waals surface area contributed by atoms with E-state index in [4.69, 9.17) is 0 Å². The third-order valence-corrected chi connectivity index (χ3v) is 3.24. The van der Waals surface area contributed by atoms with Crippen LogP contribution in [0.1, 0.15) is 32.4 Å². The zero-order chi connectivity index (χ0) is 13.0. The van der Waals surface area contributed by atoms with Crippen LogP contribution in [-0.2, 0) is 11.2 Å². The summed E-state index contributed by atoms with van der Waals surface area (Å²) in [6.07, 6.45) is 4.64. The first-order valence-corrected chi connectivity index (χ1v) is 6.57. The van der Waals surface area contributed by atoms with Gasteiger partial charge in [0.2, 0.25) is 5.91 Å². The van der Waals surface area contributed by atoms with Gasteiger partial charge in [-0.2, -0.15) is 0 Å². The zero-order valence-electron chi connectivity index (χ0n) is 11.0. The summed E-state index contributed by atoms with van der Waals surface area (Å²) in [6, 6.07) is 1.66. The van der Waals surface area contributed by atoms with E-state index in [1.165, 1.54) is 6.33 Å². The van der Waals surface area contributed by atoms with E-state index in [1.54, 1.807) is 0 Å². The maximum atomic E-state index is 12.1. The van der Waals surface area contributed by atoms with Gasteiger partial charge in [-0.15, -0.1) is 0 Å². The first-order chi connectivity index (χ1) is 8.70. The van der Waals surface area contributed by atoms with Crippen molar-refractivity contribution in [1.82, 2.24) is 14.9 Å². The molecule has 2 rings (SSSR count). The van der Waals surface area contributed by atoms with Crippen molar-refractivity contribution in [2.75, 3.05) is 18.4 Å². The summed E-state index contributed by atoms with van der Waals surface area (Å²) in [4.78, 5) is 22.3. The zero-order valence-corrected chi connectivity index (χ0v) is 11.0. The fourth-order valence-corrected chi connectivity index (χ4v) is 2.16. The Bertz CT molecular complexity index is 415. The number of amides is 1. The van der Waals surface area contributed by atoms with Crippen LogP contribution >= 0.6 is 0 Å². The van der Waals surface area contributed by atoms with Gasteiger partial charge in [0.1, 0.15) is 18.2 Å². The highest BCUT2D eigenvalue weighted by atomic mass is 16.2. The number of likely N-dealkylation sites (tertiary alicyclic amines) is 1. The maximum Gasteiger partial charge on any atom is 0.244 e. The van der Waals surface area contributed by atoms with Crippen LogP contribution < -0.4 is 5.32 Å². The van der Waals surface area contributed by atoms with Gasteiger partial charge in [-0.05, 0) is 26.2 Å². The SMILES string of the molecule is CCc1cc(NC(C)C(=O)N2CCCC2)ncn1. The number of aryl methyl sites for hydroxylation is 1. The fraction of sp³-hybridized carbons (Fsp3) is 0.615. The third kappa shape index (κ3) is 2.97. The molecule has 1 aromatic heterocycles. The summed E-state index contributed by atoms with van der Waals surface area (Å²) in [5, 5.41) is 3.15. The lowest BCUT2D eigenvalue weighted by Crippen LogP contribution is -2.39. The fourth-order valence-electron chi connectivity index (χ4n) is 2.16. The number of nitrogens with zero attached hydrogens (tertiary/aromatic N) is 3. The Balaban J connectivity index is 1.97. The van der Waals surface area contributed by atoms with Crippen molar-refractivity contribution in [3.05, 3.63) is 18.1 Å². The van der Waals surface area contributed by atoms with E-state index in [1.807, 2.05) is 24.8 Å². The van der Waals surface area contributed by atoms with Gasteiger partial charge in [0.25, 0.3) is 0 Å². The van der Waals surface area contributed by atoms with Crippen molar-refractivity contribution in [3.63, 3.8) is 0 Å².